The van der Waals surface area contributed by atoms with Gasteiger partial charge in [-0.3, -0.25) is 4.79 Å². The lowest BCUT2D eigenvalue weighted by molar-refractivity contribution is -0.115. The summed E-state index contributed by atoms with van der Waals surface area (Å²) in [5.74, 6) is 1.62. The Kier molecular flexibility index (Phi) is 3.51. The molecule has 1 aromatic carbocycles. The van der Waals surface area contributed by atoms with Gasteiger partial charge in [0.15, 0.2) is 0 Å². The molecule has 1 saturated carbocycles. The van der Waals surface area contributed by atoms with Crippen molar-refractivity contribution in [3.05, 3.63) is 35.9 Å². The van der Waals surface area contributed by atoms with Crippen LogP contribution in [0.15, 0.2) is 30.4 Å². The highest BCUT2D eigenvalue weighted by Gasteiger charge is 2.41. The summed E-state index contributed by atoms with van der Waals surface area (Å²) >= 11 is 0. The second-order valence-corrected chi connectivity index (χ2v) is 5.87. The molecule has 0 heterocycles. The average Bonchev–Trinajstić information content (AvgIpc) is 2.81. The van der Waals surface area contributed by atoms with Crippen LogP contribution in [0.3, 0.4) is 0 Å². The number of fused-ring (bicyclic) bond motifs is 1. The fourth-order valence-corrected chi connectivity index (χ4v) is 3.25. The van der Waals surface area contributed by atoms with Crippen LogP contribution in [0.5, 0.6) is 0 Å². The molecular weight excluding hydrogens is 248 g/mol. The van der Waals surface area contributed by atoms with Crippen molar-refractivity contribution in [2.24, 2.45) is 11.8 Å². The SMILES string of the molecule is CCC(=O)Nc1cccc(NC2CC3CC=CC32)c1C. The number of carbonyl (C=O) groups is 1. The van der Waals surface area contributed by atoms with E-state index >= 15 is 0 Å². The maximum Gasteiger partial charge on any atom is 0.224 e. The fraction of sp³-hybridized carbons (Fsp3) is 0.471. The van der Waals surface area contributed by atoms with Crippen LogP contribution in [0, 0.1) is 18.8 Å². The zero-order chi connectivity index (χ0) is 14.1. The Morgan fingerprint density at radius 3 is 2.90 bits per heavy atom. The van der Waals surface area contributed by atoms with Crippen molar-refractivity contribution in [2.75, 3.05) is 10.6 Å². The number of hydrogen-bond acceptors (Lipinski definition) is 2. The van der Waals surface area contributed by atoms with Crippen molar-refractivity contribution in [2.45, 2.75) is 39.2 Å². The third kappa shape index (κ3) is 2.33. The average molecular weight is 270 g/mol. The van der Waals surface area contributed by atoms with Crippen LogP contribution < -0.4 is 10.6 Å². The molecule has 3 rings (SSSR count). The summed E-state index contributed by atoms with van der Waals surface area (Å²) in [5, 5.41) is 6.61. The van der Waals surface area contributed by atoms with Crippen LogP contribution in [0.2, 0.25) is 0 Å². The predicted octanol–water partition coefficient (Wildman–Crippen LogP) is 3.72. The third-order valence-corrected chi connectivity index (χ3v) is 4.63. The molecule has 2 N–H and O–H groups in total. The third-order valence-electron chi connectivity index (χ3n) is 4.63. The summed E-state index contributed by atoms with van der Waals surface area (Å²) in [6.07, 6.45) is 7.66. The van der Waals surface area contributed by atoms with Gasteiger partial charge in [0.1, 0.15) is 0 Å². The maximum absolute atomic E-state index is 11.5. The summed E-state index contributed by atoms with van der Waals surface area (Å²) in [5.41, 5.74) is 3.18. The van der Waals surface area contributed by atoms with E-state index in [0.717, 1.165) is 22.9 Å². The van der Waals surface area contributed by atoms with Crippen molar-refractivity contribution in [1.82, 2.24) is 0 Å². The Morgan fingerprint density at radius 1 is 1.35 bits per heavy atom. The molecule has 1 aromatic rings. The number of benzene rings is 1. The first kappa shape index (κ1) is 13.2. The Bertz CT molecular complexity index is 550. The van der Waals surface area contributed by atoms with Crippen LogP contribution in [0.1, 0.15) is 31.7 Å². The van der Waals surface area contributed by atoms with Gasteiger partial charge in [-0.25, -0.2) is 0 Å². The normalized spacial score (nSPS) is 26.8. The smallest absolute Gasteiger partial charge is 0.224 e. The molecule has 3 atom stereocenters. The number of hydrogen-bond donors (Lipinski definition) is 2. The second kappa shape index (κ2) is 5.31. The van der Waals surface area contributed by atoms with E-state index in [0.29, 0.717) is 18.4 Å². The van der Waals surface area contributed by atoms with Gasteiger partial charge in [-0.15, -0.1) is 0 Å². The van der Waals surface area contributed by atoms with E-state index in [9.17, 15) is 4.79 Å². The highest BCUT2D eigenvalue weighted by atomic mass is 16.1. The number of allylic oxidation sites excluding steroid dienone is 1. The van der Waals surface area contributed by atoms with Gasteiger partial charge in [-0.2, -0.15) is 0 Å². The first-order chi connectivity index (χ1) is 9.69. The minimum absolute atomic E-state index is 0.0627. The second-order valence-electron chi connectivity index (χ2n) is 5.87. The highest BCUT2D eigenvalue weighted by Crippen LogP contribution is 2.44. The van der Waals surface area contributed by atoms with Crippen LogP contribution in [0.25, 0.3) is 0 Å². The molecule has 0 saturated heterocycles. The molecule has 3 heteroatoms. The number of amides is 1. The van der Waals surface area contributed by atoms with E-state index in [1.807, 2.05) is 19.1 Å². The van der Waals surface area contributed by atoms with E-state index in [-0.39, 0.29) is 5.91 Å². The molecule has 106 valence electrons. The van der Waals surface area contributed by atoms with Crippen LogP contribution >= 0.6 is 0 Å². The number of anilines is 2. The van der Waals surface area contributed by atoms with Gasteiger partial charge < -0.3 is 10.6 Å². The monoisotopic (exact) mass is 270 g/mol. The van der Waals surface area contributed by atoms with E-state index in [4.69, 9.17) is 0 Å². The van der Waals surface area contributed by atoms with Crippen molar-refractivity contribution in [1.29, 1.82) is 0 Å². The molecule has 2 aliphatic rings. The van der Waals surface area contributed by atoms with Gasteiger partial charge in [0, 0.05) is 29.8 Å². The Hall–Kier alpha value is -1.77. The molecule has 3 nitrogen and oxygen atoms in total. The summed E-state index contributed by atoms with van der Waals surface area (Å²) in [7, 11) is 0. The van der Waals surface area contributed by atoms with Crippen LogP contribution in [0.4, 0.5) is 11.4 Å². The van der Waals surface area contributed by atoms with E-state index in [2.05, 4.69) is 35.8 Å². The molecule has 20 heavy (non-hydrogen) atoms. The minimum atomic E-state index is 0.0627. The summed E-state index contributed by atoms with van der Waals surface area (Å²) in [6, 6.07) is 6.62. The lowest BCUT2D eigenvalue weighted by atomic mass is 9.71. The molecule has 0 spiro atoms. The maximum atomic E-state index is 11.5. The Labute approximate surface area is 120 Å². The summed E-state index contributed by atoms with van der Waals surface area (Å²) < 4.78 is 0. The van der Waals surface area contributed by atoms with Gasteiger partial charge in [0.2, 0.25) is 5.91 Å². The van der Waals surface area contributed by atoms with Gasteiger partial charge in [0.05, 0.1) is 0 Å². The molecule has 1 amide bonds. The first-order valence-electron chi connectivity index (χ1n) is 7.51. The lowest BCUT2D eigenvalue weighted by Gasteiger charge is -2.41. The van der Waals surface area contributed by atoms with Crippen molar-refractivity contribution < 1.29 is 4.79 Å². The molecule has 0 radical (unpaired) electrons. The van der Waals surface area contributed by atoms with Gasteiger partial charge in [0.25, 0.3) is 0 Å². The summed E-state index contributed by atoms with van der Waals surface area (Å²) in [4.78, 5) is 11.5. The van der Waals surface area contributed by atoms with Crippen LogP contribution in [-0.4, -0.2) is 11.9 Å². The van der Waals surface area contributed by atoms with Gasteiger partial charge in [-0.05, 0) is 43.4 Å². The van der Waals surface area contributed by atoms with E-state index < -0.39 is 0 Å². The van der Waals surface area contributed by atoms with Crippen molar-refractivity contribution in [3.8, 4) is 0 Å². The highest BCUT2D eigenvalue weighted by molar-refractivity contribution is 5.92. The minimum Gasteiger partial charge on any atom is -0.381 e. The molecule has 2 aliphatic carbocycles. The Morgan fingerprint density at radius 2 is 2.15 bits per heavy atom. The Balaban J connectivity index is 1.72. The first-order valence-corrected chi connectivity index (χ1v) is 7.51. The quantitative estimate of drug-likeness (QED) is 0.819. The standard InChI is InChI=1S/C17H22N2O/c1-3-17(20)19-15-9-5-8-14(11(15)2)18-16-10-12-6-4-7-13(12)16/h4-5,7-9,12-13,16,18H,3,6,10H2,1-2H3,(H,19,20). The number of rotatable bonds is 4. The molecule has 0 aromatic heterocycles. The molecule has 1 fully saturated rings. The molecule has 0 aliphatic heterocycles. The fourth-order valence-electron chi connectivity index (χ4n) is 3.25. The van der Waals surface area contributed by atoms with E-state index in [1.54, 1.807) is 0 Å². The topological polar surface area (TPSA) is 41.1 Å². The number of carbonyl (C=O) groups excluding carboxylic acids is 1. The number of nitrogens with one attached hydrogen (secondary N) is 2. The zero-order valence-electron chi connectivity index (χ0n) is 12.1. The molecule has 0 bridgehead atoms. The van der Waals surface area contributed by atoms with Gasteiger partial charge in [-0.1, -0.05) is 25.1 Å². The van der Waals surface area contributed by atoms with Crippen molar-refractivity contribution in [3.63, 3.8) is 0 Å². The zero-order valence-corrected chi connectivity index (χ0v) is 12.1. The summed E-state index contributed by atoms with van der Waals surface area (Å²) in [6.45, 7) is 3.93. The predicted molar refractivity (Wildman–Crippen MR) is 82.9 cm³/mol. The largest absolute Gasteiger partial charge is 0.381 e. The lowest BCUT2D eigenvalue weighted by Crippen LogP contribution is -2.43. The van der Waals surface area contributed by atoms with Gasteiger partial charge >= 0.3 is 0 Å². The van der Waals surface area contributed by atoms with Crippen molar-refractivity contribution >= 4 is 17.3 Å². The molecular formula is C17H22N2O. The van der Waals surface area contributed by atoms with Crippen LogP contribution in [-0.2, 0) is 4.79 Å². The van der Waals surface area contributed by atoms with E-state index in [1.165, 1.54) is 12.8 Å². The molecule has 3 unspecified atom stereocenters.